The predicted octanol–water partition coefficient (Wildman–Crippen LogP) is 0.897. The maximum absolute atomic E-state index is 13.5. The Hall–Kier alpha value is -3.28. The molecule has 1 aromatic carbocycles. The van der Waals surface area contributed by atoms with Gasteiger partial charge in [-0.15, -0.1) is 0 Å². The number of ketones is 1. The number of nitrogens with one attached hydrogen (secondary N) is 1. The SMILES string of the molecule is COc1cc(C=O)cc2c1O[C@@H]1[C@@H](O)[C@H](N(C[C@H]3CCCO3)C(=O)CCCC(C)=O)C=C(C(=O)NCCO)[C@H]21. The van der Waals surface area contributed by atoms with Crippen LogP contribution >= 0.6 is 0 Å². The highest BCUT2D eigenvalue weighted by molar-refractivity contribution is 5.96. The van der Waals surface area contributed by atoms with Crippen molar-refractivity contribution >= 4 is 23.9 Å². The Morgan fingerprint density at radius 2 is 2.05 bits per heavy atom. The van der Waals surface area contributed by atoms with E-state index in [1.165, 1.54) is 25.0 Å². The van der Waals surface area contributed by atoms with E-state index in [0.29, 0.717) is 41.9 Å². The number of amides is 2. The van der Waals surface area contributed by atoms with Crippen LogP contribution in [0, 0.1) is 0 Å². The summed E-state index contributed by atoms with van der Waals surface area (Å²) in [7, 11) is 1.43. The summed E-state index contributed by atoms with van der Waals surface area (Å²) < 4.78 is 17.4. The van der Waals surface area contributed by atoms with Crippen molar-refractivity contribution in [1.82, 2.24) is 10.2 Å². The maximum Gasteiger partial charge on any atom is 0.247 e. The molecule has 0 spiro atoms. The molecule has 2 aliphatic heterocycles. The molecule has 4 rings (SSSR count). The van der Waals surface area contributed by atoms with Crippen LogP contribution in [0.3, 0.4) is 0 Å². The number of methoxy groups -OCH3 is 1. The Labute approximate surface area is 227 Å². The van der Waals surface area contributed by atoms with Crippen molar-refractivity contribution in [3.8, 4) is 11.5 Å². The Balaban J connectivity index is 1.75. The first-order valence-electron chi connectivity index (χ1n) is 13.3. The molecule has 5 atom stereocenters. The van der Waals surface area contributed by atoms with Crippen LogP contribution in [-0.4, -0.2) is 96.8 Å². The van der Waals surface area contributed by atoms with Gasteiger partial charge >= 0.3 is 0 Å². The molecule has 1 saturated heterocycles. The lowest BCUT2D eigenvalue weighted by molar-refractivity contribution is -0.139. The summed E-state index contributed by atoms with van der Waals surface area (Å²) in [5, 5.41) is 23.6. The monoisotopic (exact) mass is 544 g/mol. The van der Waals surface area contributed by atoms with Crippen LogP contribution < -0.4 is 14.8 Å². The van der Waals surface area contributed by atoms with Crippen LogP contribution in [0.5, 0.6) is 11.5 Å². The van der Waals surface area contributed by atoms with Crippen LogP contribution in [0.25, 0.3) is 0 Å². The summed E-state index contributed by atoms with van der Waals surface area (Å²) in [6.07, 6.45) is 2.20. The quantitative estimate of drug-likeness (QED) is 0.326. The predicted molar refractivity (Wildman–Crippen MR) is 139 cm³/mol. The molecule has 1 aromatic rings. The minimum absolute atomic E-state index is 0.00972. The number of carbonyl (C=O) groups excluding carboxylic acids is 4. The topological polar surface area (TPSA) is 152 Å². The van der Waals surface area contributed by atoms with E-state index in [1.54, 1.807) is 12.1 Å². The van der Waals surface area contributed by atoms with Crippen LogP contribution in [0.4, 0.5) is 0 Å². The number of carbonyl (C=O) groups is 4. The van der Waals surface area contributed by atoms with Crippen molar-refractivity contribution in [2.45, 2.75) is 69.3 Å². The average molecular weight is 545 g/mol. The van der Waals surface area contributed by atoms with Crippen LogP contribution in [0.1, 0.15) is 60.9 Å². The normalized spacial score (nSPS) is 25.1. The fraction of sp³-hybridized carbons (Fsp3) is 0.571. The van der Waals surface area contributed by atoms with Gasteiger partial charge in [0.05, 0.1) is 31.8 Å². The molecule has 0 bridgehead atoms. The van der Waals surface area contributed by atoms with Gasteiger partial charge in [-0.3, -0.25) is 14.4 Å². The van der Waals surface area contributed by atoms with E-state index >= 15 is 0 Å². The van der Waals surface area contributed by atoms with Crippen LogP contribution in [0.15, 0.2) is 23.8 Å². The Kier molecular flexibility index (Phi) is 9.36. The van der Waals surface area contributed by atoms with Crippen LogP contribution in [0.2, 0.25) is 0 Å². The lowest BCUT2D eigenvalue weighted by Crippen LogP contribution is -2.57. The molecule has 1 aliphatic carbocycles. The van der Waals surface area contributed by atoms with E-state index in [-0.39, 0.29) is 55.9 Å². The summed E-state index contributed by atoms with van der Waals surface area (Å²) in [5.74, 6) is -0.897. The number of fused-ring (bicyclic) bond motifs is 3. The number of aldehydes is 1. The molecule has 0 unspecified atom stereocenters. The Morgan fingerprint density at radius 3 is 2.69 bits per heavy atom. The fourth-order valence-corrected chi connectivity index (χ4v) is 5.59. The number of ether oxygens (including phenoxy) is 3. The van der Waals surface area contributed by atoms with Gasteiger partial charge in [-0.2, -0.15) is 0 Å². The first-order chi connectivity index (χ1) is 18.8. The number of rotatable bonds is 12. The second-order valence-electron chi connectivity index (χ2n) is 10.1. The number of benzene rings is 1. The largest absolute Gasteiger partial charge is 0.493 e. The zero-order chi connectivity index (χ0) is 28.1. The van der Waals surface area contributed by atoms with Gasteiger partial charge in [-0.25, -0.2) is 0 Å². The molecule has 39 heavy (non-hydrogen) atoms. The zero-order valence-corrected chi connectivity index (χ0v) is 22.3. The zero-order valence-electron chi connectivity index (χ0n) is 22.3. The molecular weight excluding hydrogens is 508 g/mol. The van der Waals surface area contributed by atoms with Crippen molar-refractivity contribution < 1.29 is 43.6 Å². The number of aliphatic hydroxyl groups is 2. The van der Waals surface area contributed by atoms with E-state index in [1.807, 2.05) is 0 Å². The molecule has 0 radical (unpaired) electrons. The van der Waals surface area contributed by atoms with Crippen molar-refractivity contribution in [3.63, 3.8) is 0 Å². The Bertz CT molecular complexity index is 1130. The van der Waals surface area contributed by atoms with Gasteiger partial charge in [0.15, 0.2) is 11.5 Å². The van der Waals surface area contributed by atoms with Gasteiger partial charge in [0.1, 0.15) is 24.3 Å². The smallest absolute Gasteiger partial charge is 0.247 e. The van der Waals surface area contributed by atoms with Crippen LogP contribution in [-0.2, 0) is 19.1 Å². The number of aliphatic hydroxyl groups excluding tert-OH is 2. The molecule has 3 N–H and O–H groups in total. The summed E-state index contributed by atoms with van der Waals surface area (Å²) in [5.41, 5.74) is 1.09. The lowest BCUT2D eigenvalue weighted by Gasteiger charge is -2.41. The van der Waals surface area contributed by atoms with E-state index in [4.69, 9.17) is 14.2 Å². The second-order valence-corrected chi connectivity index (χ2v) is 10.1. The second kappa shape index (κ2) is 12.7. The molecule has 0 saturated carbocycles. The average Bonchev–Trinajstić information content (AvgIpc) is 3.58. The highest BCUT2D eigenvalue weighted by Gasteiger charge is 2.51. The third-order valence-corrected chi connectivity index (χ3v) is 7.43. The first-order valence-corrected chi connectivity index (χ1v) is 13.3. The summed E-state index contributed by atoms with van der Waals surface area (Å²) in [4.78, 5) is 51.4. The number of hydrogen-bond donors (Lipinski definition) is 3. The minimum atomic E-state index is -1.22. The van der Waals surface area contributed by atoms with Crippen molar-refractivity contribution in [1.29, 1.82) is 0 Å². The first kappa shape index (κ1) is 28.7. The lowest BCUT2D eigenvalue weighted by atomic mass is 9.77. The van der Waals surface area contributed by atoms with Crippen molar-refractivity contribution in [2.75, 3.05) is 33.4 Å². The molecule has 11 heteroatoms. The number of nitrogens with zero attached hydrogens (tertiary/aromatic N) is 1. The molecule has 0 aromatic heterocycles. The molecular formula is C28H36N2O9. The van der Waals surface area contributed by atoms with Gasteiger partial charge in [-0.1, -0.05) is 0 Å². The fourth-order valence-electron chi connectivity index (χ4n) is 5.59. The van der Waals surface area contributed by atoms with Crippen molar-refractivity contribution in [2.24, 2.45) is 0 Å². The summed E-state index contributed by atoms with van der Waals surface area (Å²) >= 11 is 0. The number of hydrogen-bond acceptors (Lipinski definition) is 9. The molecule has 212 valence electrons. The Morgan fingerprint density at radius 1 is 1.26 bits per heavy atom. The molecule has 3 aliphatic rings. The van der Waals surface area contributed by atoms with E-state index in [0.717, 1.165) is 12.8 Å². The van der Waals surface area contributed by atoms with Gasteiger partial charge < -0.3 is 39.4 Å². The summed E-state index contributed by atoms with van der Waals surface area (Å²) in [6, 6.07) is 2.21. The summed E-state index contributed by atoms with van der Waals surface area (Å²) in [6.45, 7) is 2.01. The van der Waals surface area contributed by atoms with Crippen molar-refractivity contribution in [3.05, 3.63) is 34.9 Å². The van der Waals surface area contributed by atoms with Gasteiger partial charge in [0.2, 0.25) is 11.8 Å². The highest BCUT2D eigenvalue weighted by Crippen LogP contribution is 2.51. The highest BCUT2D eigenvalue weighted by atomic mass is 16.5. The number of Topliss-reactive ketones (excluding diaryl/α,β-unsaturated/α-hetero) is 1. The molecule has 2 amide bonds. The standard InChI is InChI=1S/C28H36N2O9/c1-16(33)5-3-7-23(34)30(14-18-6-4-10-38-18)21-13-20(28(36)29-8-9-31)24-19-11-17(15-32)12-22(37-2)26(19)39-27(24)25(21)35/h11-13,15,18,21,24-25,27,31,35H,3-10,14H2,1-2H3,(H,29,36)/t18-,21-,24+,25+,27+/m1/s1. The molecule has 2 heterocycles. The van der Waals surface area contributed by atoms with Gasteiger partial charge in [0.25, 0.3) is 0 Å². The molecule has 1 fully saturated rings. The third kappa shape index (κ3) is 6.15. The van der Waals surface area contributed by atoms with Gasteiger partial charge in [-0.05, 0) is 44.4 Å². The maximum atomic E-state index is 13.5. The minimum Gasteiger partial charge on any atom is -0.493 e. The van der Waals surface area contributed by atoms with E-state index in [2.05, 4.69) is 5.32 Å². The van der Waals surface area contributed by atoms with E-state index < -0.39 is 30.1 Å². The van der Waals surface area contributed by atoms with Gasteiger partial charge in [0, 0.05) is 49.2 Å². The van der Waals surface area contributed by atoms with E-state index in [9.17, 15) is 29.4 Å². The third-order valence-electron chi connectivity index (χ3n) is 7.43. The molecule has 11 nitrogen and oxygen atoms in total.